The van der Waals surface area contributed by atoms with E-state index in [0.29, 0.717) is 5.92 Å². The maximum Gasteiger partial charge on any atom is 0.221 e. The zero-order valence-corrected chi connectivity index (χ0v) is 13.3. The molecule has 3 rings (SSSR count). The van der Waals surface area contributed by atoms with Crippen LogP contribution in [0.2, 0.25) is 0 Å². The van der Waals surface area contributed by atoms with Crippen LogP contribution in [0.5, 0.6) is 0 Å². The molecule has 1 saturated carbocycles. The fourth-order valence-corrected chi connectivity index (χ4v) is 3.99. The average molecular weight is 302 g/mol. The van der Waals surface area contributed by atoms with Crippen molar-refractivity contribution in [2.45, 2.75) is 51.2 Å². The van der Waals surface area contributed by atoms with Gasteiger partial charge in [0.25, 0.3) is 0 Å². The number of carbonyl (C=O) groups excluding carboxylic acids is 1. The molecule has 0 bridgehead atoms. The van der Waals surface area contributed by atoms with Gasteiger partial charge in [0.1, 0.15) is 0 Å². The van der Waals surface area contributed by atoms with E-state index in [-0.39, 0.29) is 5.91 Å². The Kier molecular flexibility index (Phi) is 4.50. The van der Waals surface area contributed by atoms with Gasteiger partial charge in [-0.15, -0.1) is 0 Å². The van der Waals surface area contributed by atoms with Crippen molar-refractivity contribution in [2.24, 2.45) is 5.92 Å². The molecule has 4 heteroatoms. The Labute approximate surface area is 132 Å². The minimum Gasteiger partial charge on any atom is -0.390 e. The second-order valence-electron chi connectivity index (χ2n) is 6.87. The summed E-state index contributed by atoms with van der Waals surface area (Å²) in [6.45, 7) is 4.27. The summed E-state index contributed by atoms with van der Waals surface area (Å²) in [6.07, 6.45) is 5.38. The Hall–Kier alpha value is -1.39. The fourth-order valence-electron chi connectivity index (χ4n) is 3.99. The highest BCUT2D eigenvalue weighted by molar-refractivity contribution is 5.89. The summed E-state index contributed by atoms with van der Waals surface area (Å²) in [5.74, 6) is 0.371. The number of hydrogen-bond acceptors (Lipinski definition) is 3. The molecular weight excluding hydrogens is 276 g/mol. The van der Waals surface area contributed by atoms with E-state index in [2.05, 4.69) is 16.3 Å². The topological polar surface area (TPSA) is 52.6 Å². The van der Waals surface area contributed by atoms with Crippen LogP contribution in [0.1, 0.15) is 44.6 Å². The van der Waals surface area contributed by atoms with Gasteiger partial charge in [0, 0.05) is 38.2 Å². The zero-order chi connectivity index (χ0) is 15.6. The lowest BCUT2D eigenvalue weighted by molar-refractivity contribution is -0.114. The van der Waals surface area contributed by atoms with Crippen LogP contribution in [0, 0.1) is 5.92 Å². The third-order valence-corrected chi connectivity index (χ3v) is 5.23. The first-order chi connectivity index (χ1) is 10.6. The van der Waals surface area contributed by atoms with Crippen LogP contribution in [0.4, 0.5) is 5.69 Å². The van der Waals surface area contributed by atoms with E-state index in [1.165, 1.54) is 12.8 Å². The molecule has 1 aromatic carbocycles. The molecule has 2 aliphatic rings. The summed E-state index contributed by atoms with van der Waals surface area (Å²) < 4.78 is 0. The van der Waals surface area contributed by atoms with Gasteiger partial charge in [0.05, 0.1) is 5.60 Å². The van der Waals surface area contributed by atoms with Crippen LogP contribution < -0.4 is 5.32 Å². The summed E-state index contributed by atoms with van der Waals surface area (Å²) in [5, 5.41) is 13.7. The highest BCUT2D eigenvalue weighted by atomic mass is 16.3. The van der Waals surface area contributed by atoms with Crippen LogP contribution >= 0.6 is 0 Å². The highest BCUT2D eigenvalue weighted by Crippen LogP contribution is 2.40. The number of fused-ring (bicyclic) bond motifs is 1. The first kappa shape index (κ1) is 15.5. The van der Waals surface area contributed by atoms with Crippen molar-refractivity contribution < 1.29 is 9.90 Å². The van der Waals surface area contributed by atoms with E-state index < -0.39 is 5.60 Å². The summed E-state index contributed by atoms with van der Waals surface area (Å²) in [6, 6.07) is 8.00. The van der Waals surface area contributed by atoms with Gasteiger partial charge in [-0.25, -0.2) is 0 Å². The fraction of sp³-hybridized carbons (Fsp3) is 0.611. The van der Waals surface area contributed by atoms with Crippen LogP contribution in [-0.4, -0.2) is 34.6 Å². The van der Waals surface area contributed by atoms with Gasteiger partial charge in [-0.2, -0.15) is 0 Å². The number of benzene rings is 1. The second kappa shape index (κ2) is 6.39. The van der Waals surface area contributed by atoms with Crippen molar-refractivity contribution in [2.75, 3.05) is 18.4 Å². The first-order valence-electron chi connectivity index (χ1n) is 8.37. The molecule has 2 unspecified atom stereocenters. The van der Waals surface area contributed by atoms with Gasteiger partial charge < -0.3 is 10.4 Å². The van der Waals surface area contributed by atoms with Crippen LogP contribution in [-0.2, 0) is 11.3 Å². The molecule has 22 heavy (non-hydrogen) atoms. The molecule has 1 heterocycles. The van der Waals surface area contributed by atoms with Crippen molar-refractivity contribution >= 4 is 11.6 Å². The molecule has 0 spiro atoms. The zero-order valence-electron chi connectivity index (χ0n) is 13.3. The first-order valence-corrected chi connectivity index (χ1v) is 8.37. The van der Waals surface area contributed by atoms with E-state index in [1.54, 1.807) is 6.92 Å². The number of para-hydroxylation sites is 1. The van der Waals surface area contributed by atoms with E-state index in [0.717, 1.165) is 50.1 Å². The molecule has 0 radical (unpaired) electrons. The van der Waals surface area contributed by atoms with Crippen molar-refractivity contribution in [3.63, 3.8) is 0 Å². The summed E-state index contributed by atoms with van der Waals surface area (Å²) in [4.78, 5) is 13.8. The van der Waals surface area contributed by atoms with Crippen LogP contribution in [0.3, 0.4) is 0 Å². The summed E-state index contributed by atoms with van der Waals surface area (Å²) in [5.41, 5.74) is 1.63. The molecule has 1 aromatic rings. The van der Waals surface area contributed by atoms with E-state index >= 15 is 0 Å². The van der Waals surface area contributed by atoms with Crippen molar-refractivity contribution in [3.8, 4) is 0 Å². The SMILES string of the molecule is CC(=O)Nc1ccccc1CN1CCC2(O)CCCCC2C1. The summed E-state index contributed by atoms with van der Waals surface area (Å²) >= 11 is 0. The average Bonchev–Trinajstić information content (AvgIpc) is 2.49. The molecule has 2 fully saturated rings. The van der Waals surface area contributed by atoms with Crippen LogP contribution in [0.25, 0.3) is 0 Å². The Morgan fingerprint density at radius 1 is 1.36 bits per heavy atom. The van der Waals surface area contributed by atoms with Crippen molar-refractivity contribution in [1.29, 1.82) is 0 Å². The lowest BCUT2D eigenvalue weighted by atomic mass is 9.71. The lowest BCUT2D eigenvalue weighted by Gasteiger charge is -2.47. The van der Waals surface area contributed by atoms with Crippen molar-refractivity contribution in [1.82, 2.24) is 4.90 Å². The maximum absolute atomic E-state index is 11.3. The Morgan fingerprint density at radius 3 is 3.00 bits per heavy atom. The molecule has 4 nitrogen and oxygen atoms in total. The van der Waals surface area contributed by atoms with Crippen LogP contribution in [0.15, 0.2) is 24.3 Å². The maximum atomic E-state index is 11.3. The third kappa shape index (κ3) is 3.33. The van der Waals surface area contributed by atoms with Crippen molar-refractivity contribution in [3.05, 3.63) is 29.8 Å². The standard InChI is InChI=1S/C18H26N2O2/c1-14(21)19-17-8-3-2-6-15(17)12-20-11-10-18(22)9-5-4-7-16(18)13-20/h2-3,6,8,16,22H,4-5,7,9-13H2,1H3,(H,19,21). The molecule has 2 N–H and O–H groups in total. The molecular formula is C18H26N2O2. The highest BCUT2D eigenvalue weighted by Gasteiger charge is 2.42. The predicted octanol–water partition coefficient (Wildman–Crippen LogP) is 2.77. The number of nitrogens with zero attached hydrogens (tertiary/aromatic N) is 1. The number of rotatable bonds is 3. The molecule has 1 amide bonds. The van der Waals surface area contributed by atoms with Gasteiger partial charge >= 0.3 is 0 Å². The Bertz CT molecular complexity index is 546. The number of piperidine rings is 1. The molecule has 120 valence electrons. The third-order valence-electron chi connectivity index (χ3n) is 5.23. The van der Waals surface area contributed by atoms with E-state index in [9.17, 15) is 9.90 Å². The summed E-state index contributed by atoms with van der Waals surface area (Å²) in [7, 11) is 0. The number of anilines is 1. The van der Waals surface area contributed by atoms with Gasteiger partial charge in [-0.05, 0) is 30.9 Å². The van der Waals surface area contributed by atoms with Gasteiger partial charge in [-0.1, -0.05) is 31.0 Å². The number of likely N-dealkylation sites (tertiary alicyclic amines) is 1. The van der Waals surface area contributed by atoms with E-state index in [4.69, 9.17) is 0 Å². The predicted molar refractivity (Wildman–Crippen MR) is 87.5 cm³/mol. The quantitative estimate of drug-likeness (QED) is 0.902. The lowest BCUT2D eigenvalue weighted by Crippen LogP contribution is -2.52. The Morgan fingerprint density at radius 2 is 2.18 bits per heavy atom. The molecule has 0 aromatic heterocycles. The molecule has 1 saturated heterocycles. The molecule has 2 atom stereocenters. The normalized spacial score (nSPS) is 28.9. The number of hydrogen-bond donors (Lipinski definition) is 2. The molecule has 1 aliphatic carbocycles. The number of amides is 1. The van der Waals surface area contributed by atoms with E-state index in [1.807, 2.05) is 18.2 Å². The minimum absolute atomic E-state index is 0.0345. The Balaban J connectivity index is 1.68. The van der Waals surface area contributed by atoms with Gasteiger partial charge in [0.2, 0.25) is 5.91 Å². The second-order valence-corrected chi connectivity index (χ2v) is 6.87. The monoisotopic (exact) mass is 302 g/mol. The number of carbonyl (C=O) groups is 1. The largest absolute Gasteiger partial charge is 0.390 e. The number of nitrogens with one attached hydrogen (secondary N) is 1. The van der Waals surface area contributed by atoms with Gasteiger partial charge in [-0.3, -0.25) is 9.69 Å². The molecule has 1 aliphatic heterocycles. The number of aliphatic hydroxyl groups is 1. The van der Waals surface area contributed by atoms with Gasteiger partial charge in [0.15, 0.2) is 0 Å². The smallest absolute Gasteiger partial charge is 0.221 e. The minimum atomic E-state index is -0.425.